The van der Waals surface area contributed by atoms with Crippen LogP contribution in [0.1, 0.15) is 25.7 Å². The lowest BCUT2D eigenvalue weighted by Crippen LogP contribution is -2.31. The van der Waals surface area contributed by atoms with Gasteiger partial charge in [-0.05, 0) is 56.1 Å². The number of nitrogens with zero attached hydrogens (tertiary/aromatic N) is 4. The van der Waals surface area contributed by atoms with Crippen molar-refractivity contribution in [3.05, 3.63) is 53.2 Å². The molecule has 4 heterocycles. The third-order valence-electron chi connectivity index (χ3n) is 6.13. The molecule has 0 amide bonds. The first-order chi connectivity index (χ1) is 15.2. The minimum atomic E-state index is -0.141. The van der Waals surface area contributed by atoms with E-state index in [1.165, 1.54) is 32.4 Å². The van der Waals surface area contributed by atoms with Crippen molar-refractivity contribution >= 4 is 21.9 Å². The Morgan fingerprint density at radius 1 is 1.03 bits per heavy atom. The molecule has 7 nitrogen and oxygen atoms in total. The minimum Gasteiger partial charge on any atom is -0.478 e. The summed E-state index contributed by atoms with van der Waals surface area (Å²) in [6.07, 6.45) is 8.59. The number of imidazole rings is 1. The maximum atomic E-state index is 12.0. The van der Waals surface area contributed by atoms with Crippen LogP contribution in [-0.2, 0) is 7.05 Å². The number of hydrogen-bond acceptors (Lipinski definition) is 5. The number of H-pyrrole nitrogens is 1. The third-order valence-corrected chi connectivity index (χ3v) is 6.13. The highest BCUT2D eigenvalue weighted by atomic mass is 16.5. The first-order valence-corrected chi connectivity index (χ1v) is 11.0. The van der Waals surface area contributed by atoms with Gasteiger partial charge in [-0.15, -0.1) is 0 Å². The fourth-order valence-electron chi connectivity index (χ4n) is 4.33. The van der Waals surface area contributed by atoms with Crippen LogP contribution in [0.2, 0.25) is 0 Å². The maximum Gasteiger partial charge on any atom is 0.326 e. The van der Waals surface area contributed by atoms with Crippen molar-refractivity contribution in [1.29, 1.82) is 0 Å². The molecule has 1 N–H and O–H groups in total. The second-order valence-corrected chi connectivity index (χ2v) is 8.23. The first-order valence-electron chi connectivity index (χ1n) is 11.0. The summed E-state index contributed by atoms with van der Waals surface area (Å²) in [6, 6.07) is 9.99. The molecule has 0 bridgehead atoms. The molecule has 4 aromatic rings. The van der Waals surface area contributed by atoms with Gasteiger partial charge >= 0.3 is 5.69 Å². The van der Waals surface area contributed by atoms with Crippen molar-refractivity contribution in [2.24, 2.45) is 7.05 Å². The molecule has 0 spiro atoms. The fourth-order valence-corrected chi connectivity index (χ4v) is 4.33. The molecule has 1 saturated heterocycles. The van der Waals surface area contributed by atoms with Crippen LogP contribution in [0.25, 0.3) is 33.1 Å². The molecule has 0 unspecified atom stereocenters. The zero-order valence-corrected chi connectivity index (χ0v) is 17.8. The summed E-state index contributed by atoms with van der Waals surface area (Å²) in [5.41, 5.74) is 4.33. The number of aromatic nitrogens is 4. The number of fused-ring (bicyclic) bond motifs is 3. The average molecular weight is 418 g/mol. The monoisotopic (exact) mass is 417 g/mol. The van der Waals surface area contributed by atoms with Crippen molar-refractivity contribution in [2.45, 2.75) is 25.7 Å². The number of aryl methyl sites for hydroxylation is 1. The summed E-state index contributed by atoms with van der Waals surface area (Å²) in [4.78, 5) is 26.5. The predicted octanol–water partition coefficient (Wildman–Crippen LogP) is 3.73. The third kappa shape index (κ3) is 4.05. The maximum absolute atomic E-state index is 12.0. The molecule has 0 atom stereocenters. The smallest absolute Gasteiger partial charge is 0.326 e. The summed E-state index contributed by atoms with van der Waals surface area (Å²) in [5, 5.41) is 0.922. The molecule has 5 rings (SSSR count). The number of nitrogens with one attached hydrogen (secondary N) is 1. The van der Waals surface area contributed by atoms with Crippen LogP contribution in [0.3, 0.4) is 0 Å². The van der Waals surface area contributed by atoms with Crippen LogP contribution in [-0.4, -0.2) is 50.7 Å². The number of piperidine rings is 1. The number of likely N-dealkylation sites (tertiary alicyclic amines) is 1. The quantitative estimate of drug-likeness (QED) is 0.484. The summed E-state index contributed by atoms with van der Waals surface area (Å²) < 4.78 is 7.42. The lowest BCUT2D eigenvalue weighted by atomic mass is 10.0. The van der Waals surface area contributed by atoms with Crippen molar-refractivity contribution in [3.8, 4) is 17.0 Å². The SMILES string of the molecule is Cn1c(=O)[nH]c2c3cc(-c4ccc(OCCCN5CCCCC5)nc4)ccc3ncc21. The molecule has 1 aliphatic rings. The molecule has 1 fully saturated rings. The predicted molar refractivity (Wildman–Crippen MR) is 122 cm³/mol. The minimum absolute atomic E-state index is 0.141. The first kappa shape index (κ1) is 19.8. The molecule has 7 heteroatoms. The second kappa shape index (κ2) is 8.51. The van der Waals surface area contributed by atoms with E-state index in [2.05, 4.69) is 25.9 Å². The van der Waals surface area contributed by atoms with Crippen molar-refractivity contribution in [1.82, 2.24) is 24.4 Å². The van der Waals surface area contributed by atoms with E-state index < -0.39 is 0 Å². The number of hydrogen-bond donors (Lipinski definition) is 1. The van der Waals surface area contributed by atoms with E-state index in [9.17, 15) is 4.79 Å². The number of rotatable bonds is 6. The highest BCUT2D eigenvalue weighted by Gasteiger charge is 2.11. The Balaban J connectivity index is 1.29. The Hall–Kier alpha value is -3.19. The Labute approximate surface area is 180 Å². The van der Waals surface area contributed by atoms with Crippen LogP contribution in [0, 0.1) is 0 Å². The molecular weight excluding hydrogens is 390 g/mol. The van der Waals surface area contributed by atoms with E-state index >= 15 is 0 Å². The van der Waals surface area contributed by atoms with E-state index in [4.69, 9.17) is 4.74 Å². The van der Waals surface area contributed by atoms with E-state index in [0.717, 1.165) is 46.0 Å². The lowest BCUT2D eigenvalue weighted by molar-refractivity contribution is 0.203. The van der Waals surface area contributed by atoms with Crippen LogP contribution in [0.15, 0.2) is 47.5 Å². The summed E-state index contributed by atoms with van der Waals surface area (Å²) in [5.74, 6) is 0.652. The van der Waals surface area contributed by atoms with Crippen molar-refractivity contribution in [3.63, 3.8) is 0 Å². The largest absolute Gasteiger partial charge is 0.478 e. The Kier molecular flexibility index (Phi) is 5.42. The molecule has 31 heavy (non-hydrogen) atoms. The highest BCUT2D eigenvalue weighted by molar-refractivity contribution is 6.03. The topological polar surface area (TPSA) is 76.0 Å². The fraction of sp³-hybridized carbons (Fsp3) is 0.375. The average Bonchev–Trinajstić information content (AvgIpc) is 3.11. The number of pyridine rings is 2. The van der Waals surface area contributed by atoms with Gasteiger partial charge < -0.3 is 14.6 Å². The lowest BCUT2D eigenvalue weighted by Gasteiger charge is -2.26. The zero-order chi connectivity index (χ0) is 21.2. The molecule has 160 valence electrons. The van der Waals surface area contributed by atoms with E-state index in [-0.39, 0.29) is 5.69 Å². The van der Waals surface area contributed by atoms with Gasteiger partial charge in [-0.25, -0.2) is 9.78 Å². The van der Waals surface area contributed by atoms with E-state index in [0.29, 0.717) is 12.5 Å². The zero-order valence-electron chi connectivity index (χ0n) is 17.8. The van der Waals surface area contributed by atoms with Gasteiger partial charge in [0.05, 0.1) is 29.4 Å². The number of aromatic amines is 1. The summed E-state index contributed by atoms with van der Waals surface area (Å²) in [6.45, 7) is 4.22. The van der Waals surface area contributed by atoms with E-state index in [1.54, 1.807) is 17.8 Å². The normalized spacial score (nSPS) is 15.0. The van der Waals surface area contributed by atoms with Gasteiger partial charge in [-0.2, -0.15) is 0 Å². The molecule has 0 saturated carbocycles. The van der Waals surface area contributed by atoms with Gasteiger partial charge in [0.1, 0.15) is 0 Å². The van der Waals surface area contributed by atoms with Gasteiger partial charge in [0.15, 0.2) is 0 Å². The molecule has 1 aliphatic heterocycles. The van der Waals surface area contributed by atoms with Gasteiger partial charge in [0, 0.05) is 36.8 Å². The van der Waals surface area contributed by atoms with Crippen molar-refractivity contribution < 1.29 is 4.74 Å². The van der Waals surface area contributed by atoms with Gasteiger partial charge in [0.2, 0.25) is 5.88 Å². The molecule has 1 aromatic carbocycles. The summed E-state index contributed by atoms with van der Waals surface area (Å²) in [7, 11) is 1.74. The Bertz CT molecular complexity index is 1250. The number of ether oxygens (including phenoxy) is 1. The van der Waals surface area contributed by atoms with Gasteiger partial charge in [0.25, 0.3) is 0 Å². The molecule has 0 aliphatic carbocycles. The summed E-state index contributed by atoms with van der Waals surface area (Å²) >= 11 is 0. The van der Waals surface area contributed by atoms with Crippen LogP contribution < -0.4 is 10.4 Å². The molecule has 3 aromatic heterocycles. The van der Waals surface area contributed by atoms with Gasteiger partial charge in [-0.1, -0.05) is 12.5 Å². The van der Waals surface area contributed by atoms with Crippen molar-refractivity contribution in [2.75, 3.05) is 26.2 Å². The second-order valence-electron chi connectivity index (χ2n) is 8.23. The molecular formula is C24H27N5O2. The standard InChI is InChI=1S/C24H27N5O2/c1-28-21-16-25-20-8-6-17(14-19(20)23(21)27-24(28)30)18-7-9-22(26-15-18)31-13-5-12-29-10-3-2-4-11-29/h6-9,14-16H,2-5,10-13H2,1H3,(H,27,30). The molecule has 0 radical (unpaired) electrons. The van der Waals surface area contributed by atoms with Crippen LogP contribution >= 0.6 is 0 Å². The van der Waals surface area contributed by atoms with Crippen LogP contribution in [0.4, 0.5) is 0 Å². The van der Waals surface area contributed by atoms with E-state index in [1.807, 2.05) is 30.5 Å². The Morgan fingerprint density at radius 3 is 2.68 bits per heavy atom. The number of benzene rings is 1. The highest BCUT2D eigenvalue weighted by Crippen LogP contribution is 2.27. The van der Waals surface area contributed by atoms with Gasteiger partial charge in [-0.3, -0.25) is 9.55 Å². The van der Waals surface area contributed by atoms with Crippen LogP contribution in [0.5, 0.6) is 5.88 Å². The Morgan fingerprint density at radius 2 is 1.87 bits per heavy atom.